The van der Waals surface area contributed by atoms with E-state index in [1.54, 1.807) is 27.4 Å². The molecule has 0 heterocycles. The Labute approximate surface area is 216 Å². The van der Waals surface area contributed by atoms with Gasteiger partial charge >= 0.3 is 5.97 Å². The largest absolute Gasteiger partial charge is 0.493 e. The Bertz CT molecular complexity index is 1460. The molecule has 0 amide bonds. The Hall–Kier alpha value is -4.51. The van der Waals surface area contributed by atoms with Crippen LogP contribution in [-0.4, -0.2) is 27.3 Å². The molecule has 5 nitrogen and oxygen atoms in total. The van der Waals surface area contributed by atoms with Gasteiger partial charge in [-0.25, -0.2) is 0 Å². The summed E-state index contributed by atoms with van der Waals surface area (Å²) < 4.78 is 22.4. The van der Waals surface area contributed by atoms with Gasteiger partial charge in [0.1, 0.15) is 5.92 Å². The van der Waals surface area contributed by atoms with Crippen molar-refractivity contribution < 1.29 is 23.7 Å². The molecule has 0 saturated heterocycles. The van der Waals surface area contributed by atoms with Crippen LogP contribution in [-0.2, 0) is 4.79 Å². The van der Waals surface area contributed by atoms with Gasteiger partial charge in [0.2, 0.25) is 0 Å². The first-order valence-corrected chi connectivity index (χ1v) is 12.0. The maximum Gasteiger partial charge on any atom is 0.323 e. The predicted octanol–water partition coefficient (Wildman–Crippen LogP) is 6.91. The molecular formula is C32H28O5. The van der Waals surface area contributed by atoms with E-state index in [1.807, 2.05) is 91.9 Å². The van der Waals surface area contributed by atoms with Crippen molar-refractivity contribution in [3.8, 4) is 34.1 Å². The molecule has 0 radical (unpaired) electrons. The third-order valence-corrected chi connectivity index (χ3v) is 6.62. The van der Waals surface area contributed by atoms with E-state index < -0.39 is 5.92 Å². The van der Waals surface area contributed by atoms with Gasteiger partial charge in [0, 0.05) is 0 Å². The Balaban J connectivity index is 1.44. The highest BCUT2D eigenvalue weighted by Crippen LogP contribution is 2.45. The average Bonchev–Trinajstić information content (AvgIpc) is 3.26. The molecule has 0 fully saturated rings. The first kappa shape index (κ1) is 24.2. The van der Waals surface area contributed by atoms with E-state index in [2.05, 4.69) is 0 Å². The van der Waals surface area contributed by atoms with Crippen LogP contribution in [0.1, 0.15) is 33.7 Å². The van der Waals surface area contributed by atoms with Crippen LogP contribution in [0.5, 0.6) is 23.0 Å². The van der Waals surface area contributed by atoms with Crippen LogP contribution in [0.15, 0.2) is 78.9 Å². The predicted molar refractivity (Wildman–Crippen MR) is 146 cm³/mol. The summed E-state index contributed by atoms with van der Waals surface area (Å²) in [5.74, 6) is 1.42. The summed E-state index contributed by atoms with van der Waals surface area (Å²) >= 11 is 0. The van der Waals surface area contributed by atoms with Crippen LogP contribution in [0.2, 0.25) is 0 Å². The Morgan fingerprint density at radius 2 is 1.27 bits per heavy atom. The van der Waals surface area contributed by atoms with E-state index in [0.29, 0.717) is 23.0 Å². The van der Waals surface area contributed by atoms with Gasteiger partial charge in [-0.2, -0.15) is 0 Å². The van der Waals surface area contributed by atoms with Crippen molar-refractivity contribution in [1.29, 1.82) is 0 Å². The molecule has 0 aromatic heterocycles. The number of aryl methyl sites for hydroxylation is 1. The number of methoxy groups -OCH3 is 3. The number of carbonyl (C=O) groups excluding carboxylic acids is 1. The summed E-state index contributed by atoms with van der Waals surface area (Å²) in [5, 5.41) is 0. The summed E-state index contributed by atoms with van der Waals surface area (Å²) in [7, 11) is 4.81. The lowest BCUT2D eigenvalue weighted by Crippen LogP contribution is -2.18. The van der Waals surface area contributed by atoms with Crippen LogP contribution < -0.4 is 18.9 Å². The summed E-state index contributed by atoms with van der Waals surface area (Å²) in [6, 6.07) is 25.4. The molecular weight excluding hydrogens is 464 g/mol. The number of hydrogen-bond acceptors (Lipinski definition) is 5. The minimum Gasteiger partial charge on any atom is -0.493 e. The second-order valence-corrected chi connectivity index (χ2v) is 8.85. The molecule has 0 atom stereocenters. The fraction of sp³-hybridized carbons (Fsp3) is 0.156. The first-order valence-electron chi connectivity index (χ1n) is 12.0. The van der Waals surface area contributed by atoms with E-state index in [9.17, 15) is 4.79 Å². The highest BCUT2D eigenvalue weighted by Gasteiger charge is 2.35. The minimum atomic E-state index is -0.494. The number of carbonyl (C=O) groups is 1. The van der Waals surface area contributed by atoms with Gasteiger partial charge < -0.3 is 18.9 Å². The average molecular weight is 493 g/mol. The van der Waals surface area contributed by atoms with Crippen molar-refractivity contribution in [2.75, 3.05) is 21.3 Å². The summed E-state index contributed by atoms with van der Waals surface area (Å²) in [4.78, 5) is 13.5. The van der Waals surface area contributed by atoms with Crippen molar-refractivity contribution in [2.45, 2.75) is 12.8 Å². The van der Waals surface area contributed by atoms with Crippen molar-refractivity contribution in [2.24, 2.45) is 0 Å². The molecule has 4 aromatic rings. The molecule has 0 spiro atoms. The monoisotopic (exact) mass is 492 g/mol. The van der Waals surface area contributed by atoms with E-state index >= 15 is 0 Å². The fourth-order valence-corrected chi connectivity index (χ4v) is 4.92. The van der Waals surface area contributed by atoms with Gasteiger partial charge in [-0.05, 0) is 70.1 Å². The van der Waals surface area contributed by atoms with Crippen LogP contribution >= 0.6 is 0 Å². The zero-order valence-electron chi connectivity index (χ0n) is 21.3. The number of benzene rings is 4. The number of ether oxygens (including phenoxy) is 4. The molecule has 1 aliphatic rings. The lowest BCUT2D eigenvalue weighted by atomic mass is 9.97. The summed E-state index contributed by atoms with van der Waals surface area (Å²) in [5.41, 5.74) is 6.83. The van der Waals surface area contributed by atoms with Crippen LogP contribution in [0.4, 0.5) is 0 Å². The smallest absolute Gasteiger partial charge is 0.323 e. The fourth-order valence-electron chi connectivity index (χ4n) is 4.92. The van der Waals surface area contributed by atoms with Crippen molar-refractivity contribution >= 4 is 18.1 Å². The van der Waals surface area contributed by atoms with Gasteiger partial charge in [-0.3, -0.25) is 4.79 Å². The zero-order chi connectivity index (χ0) is 25.9. The van der Waals surface area contributed by atoms with Crippen LogP contribution in [0, 0.1) is 6.92 Å². The maximum absolute atomic E-state index is 13.5. The molecule has 0 aliphatic heterocycles. The SMILES string of the molecule is COc1ccc(/C=C\c2cc(C)c(OC)c(OC)c2)cc1OC(=O)C1c2ccccc2-c2ccccc21. The van der Waals surface area contributed by atoms with Gasteiger partial charge in [-0.15, -0.1) is 0 Å². The Morgan fingerprint density at radius 1 is 0.676 bits per heavy atom. The molecule has 1 aliphatic carbocycles. The van der Waals surface area contributed by atoms with E-state index in [1.165, 1.54) is 0 Å². The summed E-state index contributed by atoms with van der Waals surface area (Å²) in [6.07, 6.45) is 3.93. The van der Waals surface area contributed by atoms with E-state index in [4.69, 9.17) is 18.9 Å². The van der Waals surface area contributed by atoms with Gasteiger partial charge in [-0.1, -0.05) is 66.7 Å². The lowest BCUT2D eigenvalue weighted by molar-refractivity contribution is -0.135. The highest BCUT2D eigenvalue weighted by molar-refractivity contribution is 5.94. The molecule has 0 saturated carbocycles. The number of esters is 1. The Morgan fingerprint density at radius 3 is 1.89 bits per heavy atom. The van der Waals surface area contributed by atoms with Gasteiger partial charge in [0.25, 0.3) is 0 Å². The molecule has 0 N–H and O–H groups in total. The normalized spacial score (nSPS) is 12.2. The quantitative estimate of drug-likeness (QED) is 0.159. The third kappa shape index (κ3) is 4.56. The molecule has 5 rings (SSSR count). The second kappa shape index (κ2) is 10.2. The van der Waals surface area contributed by atoms with Crippen molar-refractivity contribution in [1.82, 2.24) is 0 Å². The van der Waals surface area contributed by atoms with Crippen LogP contribution in [0.3, 0.4) is 0 Å². The highest BCUT2D eigenvalue weighted by atomic mass is 16.6. The molecule has 37 heavy (non-hydrogen) atoms. The molecule has 0 bridgehead atoms. The molecule has 5 heteroatoms. The number of fused-ring (bicyclic) bond motifs is 3. The van der Waals surface area contributed by atoms with Crippen LogP contribution in [0.25, 0.3) is 23.3 Å². The molecule has 4 aromatic carbocycles. The Kier molecular flexibility index (Phi) is 6.69. The number of rotatable bonds is 7. The minimum absolute atomic E-state index is 0.340. The van der Waals surface area contributed by atoms with Gasteiger partial charge in [0.15, 0.2) is 23.0 Å². The zero-order valence-corrected chi connectivity index (χ0v) is 21.3. The summed E-state index contributed by atoms with van der Waals surface area (Å²) in [6.45, 7) is 1.98. The maximum atomic E-state index is 13.5. The number of hydrogen-bond donors (Lipinski definition) is 0. The van der Waals surface area contributed by atoms with E-state index in [-0.39, 0.29) is 5.97 Å². The molecule has 186 valence electrons. The first-order chi connectivity index (χ1) is 18.0. The lowest BCUT2D eigenvalue weighted by Gasteiger charge is -2.15. The topological polar surface area (TPSA) is 54.0 Å². The van der Waals surface area contributed by atoms with E-state index in [0.717, 1.165) is 38.9 Å². The molecule has 0 unspecified atom stereocenters. The van der Waals surface area contributed by atoms with Crippen molar-refractivity contribution in [3.05, 3.63) is 107 Å². The van der Waals surface area contributed by atoms with Crippen molar-refractivity contribution in [3.63, 3.8) is 0 Å². The standard InChI is InChI=1S/C32H28O5/c1-20-17-22(19-29(35-3)31(20)36-4)14-13-21-15-16-27(34-2)28(18-21)37-32(33)30-25-11-7-5-9-23(25)24-10-6-8-12-26(24)30/h5-19,30H,1-4H3/b14-13-. The van der Waals surface area contributed by atoms with Gasteiger partial charge in [0.05, 0.1) is 21.3 Å². The second-order valence-electron chi connectivity index (χ2n) is 8.85. The third-order valence-electron chi connectivity index (χ3n) is 6.62.